The number of nitrogens with zero attached hydrogens (tertiary/aromatic N) is 2. The number of nitrogens with one attached hydrogen (secondary N) is 2. The third kappa shape index (κ3) is 6.36. The van der Waals surface area contributed by atoms with Gasteiger partial charge in [0.05, 0.1) is 6.42 Å². The van der Waals surface area contributed by atoms with Crippen LogP contribution in [0, 0.1) is 5.41 Å². The zero-order valence-corrected chi connectivity index (χ0v) is 18.7. The summed E-state index contributed by atoms with van der Waals surface area (Å²) in [6.45, 7) is 1.66. The number of barbiturate groups is 1. The summed E-state index contributed by atoms with van der Waals surface area (Å²) in [7, 11) is 0. The molecule has 6 amide bonds. The van der Waals surface area contributed by atoms with Gasteiger partial charge < -0.3 is 10.0 Å². The molecule has 0 aromatic carbocycles. The van der Waals surface area contributed by atoms with Gasteiger partial charge in [0.25, 0.3) is 17.7 Å². The van der Waals surface area contributed by atoms with Crippen LogP contribution in [0.5, 0.6) is 0 Å². The van der Waals surface area contributed by atoms with Crippen molar-refractivity contribution in [1.82, 2.24) is 20.7 Å². The number of carbonyl (C=O) groups is 7. The second kappa shape index (κ2) is 11.5. The fraction of sp³-hybridized carbons (Fsp3) is 0.667. The molecule has 182 valence electrons. The van der Waals surface area contributed by atoms with Gasteiger partial charge in [-0.15, -0.1) is 0 Å². The lowest BCUT2D eigenvalue weighted by molar-refractivity contribution is -0.162. The average Bonchev–Trinajstić information content (AvgIpc) is 2.75. The zero-order chi connectivity index (χ0) is 24.6. The number of carboxylic acids is 1. The minimum absolute atomic E-state index is 0.0855. The van der Waals surface area contributed by atoms with Gasteiger partial charge in [-0.05, 0) is 12.8 Å². The van der Waals surface area contributed by atoms with E-state index in [-0.39, 0.29) is 19.4 Å². The Morgan fingerprint density at radius 2 is 1.73 bits per heavy atom. The number of amides is 6. The highest BCUT2D eigenvalue weighted by atomic mass is 16.4. The van der Waals surface area contributed by atoms with E-state index in [0.29, 0.717) is 24.3 Å². The lowest BCUT2D eigenvalue weighted by Crippen LogP contribution is -2.69. The van der Waals surface area contributed by atoms with Crippen molar-refractivity contribution in [1.29, 1.82) is 0 Å². The molecule has 2 rings (SSSR count). The van der Waals surface area contributed by atoms with E-state index in [1.165, 1.54) is 0 Å². The minimum Gasteiger partial charge on any atom is -0.481 e. The molecule has 2 heterocycles. The van der Waals surface area contributed by atoms with Gasteiger partial charge in [-0.1, -0.05) is 45.4 Å². The van der Waals surface area contributed by atoms with Crippen LogP contribution in [-0.4, -0.2) is 69.5 Å². The fourth-order valence-corrected chi connectivity index (χ4v) is 4.01. The molecule has 1 atom stereocenters. The van der Waals surface area contributed by atoms with Crippen LogP contribution in [0.3, 0.4) is 0 Å². The van der Waals surface area contributed by atoms with E-state index >= 15 is 0 Å². The van der Waals surface area contributed by atoms with Crippen molar-refractivity contribution in [3.63, 3.8) is 0 Å². The quantitative estimate of drug-likeness (QED) is 0.212. The number of piperidine rings is 1. The van der Waals surface area contributed by atoms with E-state index in [4.69, 9.17) is 0 Å². The molecule has 0 saturated carbocycles. The Balaban J connectivity index is 2.11. The summed E-state index contributed by atoms with van der Waals surface area (Å²) in [5, 5.41) is 11.6. The van der Waals surface area contributed by atoms with Crippen LogP contribution in [0.25, 0.3) is 0 Å². The summed E-state index contributed by atoms with van der Waals surface area (Å²) in [5.41, 5.74) is 0.00351. The highest BCUT2D eigenvalue weighted by Crippen LogP contribution is 2.34. The number of hydrogen-bond acceptors (Lipinski definition) is 7. The molecular formula is C21H30N4O8. The molecule has 2 aliphatic rings. The fourth-order valence-electron chi connectivity index (χ4n) is 4.01. The monoisotopic (exact) mass is 466 g/mol. The van der Waals surface area contributed by atoms with Crippen molar-refractivity contribution in [3.8, 4) is 0 Å². The van der Waals surface area contributed by atoms with Crippen LogP contribution in [0.4, 0.5) is 4.79 Å². The molecule has 12 heteroatoms. The molecule has 0 radical (unpaired) electrons. The summed E-state index contributed by atoms with van der Waals surface area (Å²) in [6.07, 6.45) is 4.49. The lowest BCUT2D eigenvalue weighted by atomic mass is 9.76. The highest BCUT2D eigenvalue weighted by Gasteiger charge is 2.55. The molecule has 0 bridgehead atoms. The van der Waals surface area contributed by atoms with Crippen molar-refractivity contribution < 1.29 is 38.7 Å². The van der Waals surface area contributed by atoms with E-state index in [2.05, 4.69) is 12.3 Å². The van der Waals surface area contributed by atoms with Gasteiger partial charge in [-0.25, -0.2) is 4.79 Å². The van der Waals surface area contributed by atoms with Crippen LogP contribution in [0.2, 0.25) is 0 Å². The van der Waals surface area contributed by atoms with Crippen molar-refractivity contribution in [2.45, 2.75) is 71.1 Å². The Kier molecular flexibility index (Phi) is 9.06. The van der Waals surface area contributed by atoms with Gasteiger partial charge in [0.15, 0.2) is 0 Å². The Bertz CT molecular complexity index is 842. The van der Waals surface area contributed by atoms with Crippen LogP contribution in [0.15, 0.2) is 0 Å². The average molecular weight is 466 g/mol. The van der Waals surface area contributed by atoms with Gasteiger partial charge >= 0.3 is 12.0 Å². The number of imide groups is 2. The van der Waals surface area contributed by atoms with E-state index in [9.17, 15) is 38.7 Å². The smallest absolute Gasteiger partial charge is 0.350 e. The predicted octanol–water partition coefficient (Wildman–Crippen LogP) is 0.499. The number of unbranched alkanes of at least 4 members (excludes halogenated alkanes) is 5. The van der Waals surface area contributed by atoms with E-state index in [1.54, 1.807) is 0 Å². The Hall–Kier alpha value is -3.31. The van der Waals surface area contributed by atoms with Gasteiger partial charge in [0.2, 0.25) is 11.7 Å². The van der Waals surface area contributed by atoms with Gasteiger partial charge in [0, 0.05) is 13.0 Å². The summed E-state index contributed by atoms with van der Waals surface area (Å²) in [5.74, 6) is -5.95. The first-order valence-electron chi connectivity index (χ1n) is 11.2. The number of hydrazine groups is 1. The summed E-state index contributed by atoms with van der Waals surface area (Å²) >= 11 is 0. The molecule has 33 heavy (non-hydrogen) atoms. The maximum atomic E-state index is 13.1. The number of carboxylic acid groups (broad SMARTS) is 1. The number of likely N-dealkylation sites (tertiary alicyclic amines) is 1. The number of rotatable bonds is 12. The second-order valence-electron chi connectivity index (χ2n) is 8.36. The summed E-state index contributed by atoms with van der Waals surface area (Å²) in [6, 6.07) is -1.22. The number of carbonyl (C=O) groups excluding carboxylic acids is 6. The number of urea groups is 1. The molecule has 2 fully saturated rings. The Labute approximate surface area is 191 Å². The molecule has 12 nitrogen and oxygen atoms in total. The second-order valence-corrected chi connectivity index (χ2v) is 8.36. The number of hydrogen-bond donors (Lipinski definition) is 3. The number of Topliss-reactive ketones (excluding diaryl/α,β-unsaturated/α-hetero) is 1. The van der Waals surface area contributed by atoms with Crippen molar-refractivity contribution in [2.24, 2.45) is 5.41 Å². The number of aliphatic carboxylic acids is 1. The number of ketones is 1. The van der Waals surface area contributed by atoms with Crippen molar-refractivity contribution in [2.75, 3.05) is 13.1 Å². The van der Waals surface area contributed by atoms with Gasteiger partial charge in [0.1, 0.15) is 12.0 Å². The summed E-state index contributed by atoms with van der Waals surface area (Å²) < 4.78 is 0. The molecular weight excluding hydrogens is 436 g/mol. The molecule has 2 saturated heterocycles. The normalized spacial score (nSPS) is 21.3. The van der Waals surface area contributed by atoms with Gasteiger partial charge in [-0.3, -0.25) is 39.5 Å². The zero-order valence-electron chi connectivity index (χ0n) is 18.7. The van der Waals surface area contributed by atoms with E-state index in [0.717, 1.165) is 30.6 Å². The minimum atomic E-state index is -2.05. The molecule has 1 unspecified atom stereocenters. The highest BCUT2D eigenvalue weighted by molar-refractivity contribution is 6.36. The maximum Gasteiger partial charge on any atom is 0.350 e. The first-order valence-corrected chi connectivity index (χ1v) is 11.2. The SMILES string of the molecule is CCCCCCCCC1(CC(=O)O)C(=O)NC(=O)N(NC(=O)CN2CCCC(=O)C2=O)C1=O. The molecule has 0 aliphatic carbocycles. The largest absolute Gasteiger partial charge is 0.481 e. The van der Waals surface area contributed by atoms with E-state index < -0.39 is 59.8 Å². The topological polar surface area (TPSA) is 170 Å². The molecule has 0 aromatic heterocycles. The first-order chi connectivity index (χ1) is 15.6. The van der Waals surface area contributed by atoms with Crippen molar-refractivity contribution >= 4 is 41.4 Å². The van der Waals surface area contributed by atoms with Crippen LogP contribution in [-0.2, 0) is 28.8 Å². The third-order valence-corrected chi connectivity index (χ3v) is 5.81. The van der Waals surface area contributed by atoms with Gasteiger partial charge in [-0.2, -0.15) is 5.01 Å². The summed E-state index contributed by atoms with van der Waals surface area (Å²) in [4.78, 5) is 86.3. The van der Waals surface area contributed by atoms with Crippen LogP contribution >= 0.6 is 0 Å². The Morgan fingerprint density at radius 3 is 2.39 bits per heavy atom. The maximum absolute atomic E-state index is 13.1. The van der Waals surface area contributed by atoms with Crippen LogP contribution in [0.1, 0.15) is 71.1 Å². The first kappa shape index (κ1) is 25.9. The van der Waals surface area contributed by atoms with Crippen molar-refractivity contribution in [3.05, 3.63) is 0 Å². The predicted molar refractivity (Wildman–Crippen MR) is 112 cm³/mol. The third-order valence-electron chi connectivity index (χ3n) is 5.81. The molecule has 3 N–H and O–H groups in total. The lowest BCUT2D eigenvalue weighted by Gasteiger charge is -2.38. The molecule has 0 spiro atoms. The van der Waals surface area contributed by atoms with E-state index in [1.807, 2.05) is 5.32 Å². The molecule has 2 aliphatic heterocycles. The van der Waals surface area contributed by atoms with Crippen LogP contribution < -0.4 is 10.7 Å². The standard InChI is InChI=1S/C21H30N4O8/c1-2-3-4-5-6-7-10-21(12-16(28)29)18(31)22-20(33)25(19(21)32)23-15(27)13-24-11-8-9-14(26)17(24)30/h2-13H2,1H3,(H,23,27)(H,28,29)(H,22,31,33). The Morgan fingerprint density at radius 1 is 1.06 bits per heavy atom. The molecule has 0 aromatic rings.